The van der Waals surface area contributed by atoms with Gasteiger partial charge < -0.3 is 15.0 Å². The Bertz CT molecular complexity index is 715. The van der Waals surface area contributed by atoms with Crippen molar-refractivity contribution in [3.05, 3.63) is 33.9 Å². The number of carbonyl (C=O) groups is 1. The zero-order valence-corrected chi connectivity index (χ0v) is 13.4. The second-order valence-corrected chi connectivity index (χ2v) is 7.20. The summed E-state index contributed by atoms with van der Waals surface area (Å²) in [5.74, 6) is 0.305. The van der Waals surface area contributed by atoms with Crippen molar-refractivity contribution in [3.8, 4) is 0 Å². The molecule has 21 heavy (non-hydrogen) atoms. The SMILES string of the molecule is Cc1ccc(Br)c2cc(C(=O)N3CC[C@@]4(O)C[C@H]4C3)[nH]c12. The number of hydrogen-bond donors (Lipinski definition) is 2. The molecule has 1 aliphatic carbocycles. The molecule has 0 unspecified atom stereocenters. The first kappa shape index (κ1) is 13.3. The molecule has 2 aliphatic rings. The molecule has 0 spiro atoms. The number of aryl methyl sites for hydroxylation is 1. The molecule has 1 saturated carbocycles. The van der Waals surface area contributed by atoms with E-state index in [1.165, 1.54) is 0 Å². The lowest BCUT2D eigenvalue weighted by molar-refractivity contribution is 0.0479. The number of aromatic nitrogens is 1. The smallest absolute Gasteiger partial charge is 0.270 e. The fourth-order valence-corrected chi connectivity index (χ4v) is 3.83. The van der Waals surface area contributed by atoms with Gasteiger partial charge in [-0.3, -0.25) is 4.79 Å². The van der Waals surface area contributed by atoms with Gasteiger partial charge in [-0.15, -0.1) is 0 Å². The summed E-state index contributed by atoms with van der Waals surface area (Å²) < 4.78 is 0.994. The van der Waals surface area contributed by atoms with Crippen molar-refractivity contribution < 1.29 is 9.90 Å². The number of nitrogens with one attached hydrogen (secondary N) is 1. The van der Waals surface area contributed by atoms with Crippen LogP contribution in [0.3, 0.4) is 0 Å². The van der Waals surface area contributed by atoms with E-state index in [9.17, 15) is 9.90 Å². The molecule has 110 valence electrons. The van der Waals surface area contributed by atoms with Gasteiger partial charge >= 0.3 is 0 Å². The number of piperidine rings is 1. The molecular weight excluding hydrogens is 332 g/mol. The van der Waals surface area contributed by atoms with Gasteiger partial charge in [0.2, 0.25) is 0 Å². The number of likely N-dealkylation sites (tertiary alicyclic amines) is 1. The Morgan fingerprint density at radius 1 is 1.52 bits per heavy atom. The standard InChI is InChI=1S/C16H17BrN2O2/c1-9-2-3-12(17)11-6-13(18-14(9)11)15(20)19-5-4-16(21)7-10(16)8-19/h2-3,6,10,18,21H,4-5,7-8H2,1H3/t10-,16+/m0/s1. The summed E-state index contributed by atoms with van der Waals surface area (Å²) in [7, 11) is 0. The number of carbonyl (C=O) groups excluding carboxylic acids is 1. The first-order chi connectivity index (χ1) is 9.98. The Morgan fingerprint density at radius 2 is 2.33 bits per heavy atom. The van der Waals surface area contributed by atoms with Crippen molar-refractivity contribution in [1.29, 1.82) is 0 Å². The Labute approximate surface area is 131 Å². The predicted molar refractivity (Wildman–Crippen MR) is 84.3 cm³/mol. The fraction of sp³-hybridized carbons (Fsp3) is 0.438. The van der Waals surface area contributed by atoms with Crippen LogP contribution in [0.25, 0.3) is 10.9 Å². The molecule has 1 amide bonds. The largest absolute Gasteiger partial charge is 0.389 e. The van der Waals surface area contributed by atoms with Gasteiger partial charge in [0, 0.05) is 28.9 Å². The van der Waals surface area contributed by atoms with E-state index >= 15 is 0 Å². The Hall–Kier alpha value is -1.33. The molecule has 2 aromatic rings. The number of hydrogen-bond acceptors (Lipinski definition) is 2. The van der Waals surface area contributed by atoms with Crippen molar-refractivity contribution in [2.75, 3.05) is 13.1 Å². The maximum absolute atomic E-state index is 12.7. The molecule has 4 nitrogen and oxygen atoms in total. The fourth-order valence-electron chi connectivity index (χ4n) is 3.39. The van der Waals surface area contributed by atoms with E-state index in [0.717, 1.165) is 27.4 Å². The third-order valence-electron chi connectivity index (χ3n) is 4.92. The Balaban J connectivity index is 1.65. The van der Waals surface area contributed by atoms with Crippen LogP contribution in [-0.4, -0.2) is 39.6 Å². The van der Waals surface area contributed by atoms with Crippen molar-refractivity contribution in [2.24, 2.45) is 5.92 Å². The van der Waals surface area contributed by atoms with Gasteiger partial charge in [0.15, 0.2) is 0 Å². The van der Waals surface area contributed by atoms with Gasteiger partial charge in [0.05, 0.1) is 11.1 Å². The number of nitrogens with zero attached hydrogens (tertiary/aromatic N) is 1. The van der Waals surface area contributed by atoms with Crippen LogP contribution < -0.4 is 0 Å². The second kappa shape index (κ2) is 4.34. The molecule has 4 rings (SSSR count). The molecule has 0 bridgehead atoms. The number of aliphatic hydroxyl groups is 1. The van der Waals surface area contributed by atoms with Gasteiger partial charge in [0.25, 0.3) is 5.91 Å². The minimum atomic E-state index is -0.475. The molecule has 2 N–H and O–H groups in total. The number of benzene rings is 1. The topological polar surface area (TPSA) is 56.3 Å². The highest BCUT2D eigenvalue weighted by Gasteiger charge is 2.56. The summed E-state index contributed by atoms with van der Waals surface area (Å²) in [6, 6.07) is 5.95. The van der Waals surface area contributed by atoms with Crippen LogP contribution in [0.5, 0.6) is 0 Å². The van der Waals surface area contributed by atoms with E-state index in [-0.39, 0.29) is 11.8 Å². The highest BCUT2D eigenvalue weighted by molar-refractivity contribution is 9.10. The molecule has 1 aromatic carbocycles. The van der Waals surface area contributed by atoms with Crippen molar-refractivity contribution in [3.63, 3.8) is 0 Å². The number of rotatable bonds is 1. The lowest BCUT2D eigenvalue weighted by Gasteiger charge is -2.28. The highest BCUT2D eigenvalue weighted by Crippen LogP contribution is 2.49. The van der Waals surface area contributed by atoms with E-state index < -0.39 is 5.60 Å². The zero-order chi connectivity index (χ0) is 14.8. The molecule has 5 heteroatoms. The minimum absolute atomic E-state index is 0.0338. The van der Waals surface area contributed by atoms with Crippen molar-refractivity contribution in [1.82, 2.24) is 9.88 Å². The van der Waals surface area contributed by atoms with Crippen LogP contribution in [0.15, 0.2) is 22.7 Å². The van der Waals surface area contributed by atoms with Gasteiger partial charge in [-0.2, -0.15) is 0 Å². The van der Waals surface area contributed by atoms with Crippen molar-refractivity contribution >= 4 is 32.7 Å². The van der Waals surface area contributed by atoms with Gasteiger partial charge in [-0.25, -0.2) is 0 Å². The van der Waals surface area contributed by atoms with Gasteiger partial charge in [-0.05, 0) is 37.5 Å². The number of aromatic amines is 1. The predicted octanol–water partition coefficient (Wildman–Crippen LogP) is 2.84. The molecule has 2 atom stereocenters. The van der Waals surface area contributed by atoms with Gasteiger partial charge in [0.1, 0.15) is 5.69 Å². The maximum atomic E-state index is 12.7. The number of amides is 1. The van der Waals surface area contributed by atoms with Crippen LogP contribution >= 0.6 is 15.9 Å². The summed E-state index contributed by atoms with van der Waals surface area (Å²) >= 11 is 3.53. The summed E-state index contributed by atoms with van der Waals surface area (Å²) in [5, 5.41) is 11.1. The summed E-state index contributed by atoms with van der Waals surface area (Å²) in [5.41, 5.74) is 2.29. The second-order valence-electron chi connectivity index (χ2n) is 6.34. The normalized spacial score (nSPS) is 27.8. The zero-order valence-electron chi connectivity index (χ0n) is 11.8. The van der Waals surface area contributed by atoms with Crippen LogP contribution in [0, 0.1) is 12.8 Å². The van der Waals surface area contributed by atoms with Crippen LogP contribution in [0.4, 0.5) is 0 Å². The monoisotopic (exact) mass is 348 g/mol. The number of H-pyrrole nitrogens is 1. The first-order valence-electron chi connectivity index (χ1n) is 7.27. The van der Waals surface area contributed by atoms with Gasteiger partial charge in [-0.1, -0.05) is 22.0 Å². The summed E-state index contributed by atoms with van der Waals surface area (Å²) in [6.07, 6.45) is 1.54. The quantitative estimate of drug-likeness (QED) is 0.832. The average molecular weight is 349 g/mol. The van der Waals surface area contributed by atoms with E-state index in [1.807, 2.05) is 30.0 Å². The van der Waals surface area contributed by atoms with Crippen LogP contribution in [0.1, 0.15) is 28.9 Å². The summed E-state index contributed by atoms with van der Waals surface area (Å²) in [6.45, 7) is 3.34. The third kappa shape index (κ3) is 2.02. The average Bonchev–Trinajstić information content (AvgIpc) is 2.93. The third-order valence-corrected chi connectivity index (χ3v) is 5.61. The first-order valence-corrected chi connectivity index (χ1v) is 8.07. The number of fused-ring (bicyclic) bond motifs is 2. The molecular formula is C16H17BrN2O2. The lowest BCUT2D eigenvalue weighted by Crippen LogP contribution is -2.41. The van der Waals surface area contributed by atoms with Crippen LogP contribution in [-0.2, 0) is 0 Å². The van der Waals surface area contributed by atoms with E-state index in [0.29, 0.717) is 25.2 Å². The lowest BCUT2D eigenvalue weighted by atomic mass is 10.1. The van der Waals surface area contributed by atoms with E-state index in [4.69, 9.17) is 0 Å². The molecule has 1 saturated heterocycles. The van der Waals surface area contributed by atoms with E-state index in [1.54, 1.807) is 0 Å². The molecule has 1 aromatic heterocycles. The summed E-state index contributed by atoms with van der Waals surface area (Å²) in [4.78, 5) is 17.8. The Kier molecular flexibility index (Phi) is 2.75. The Morgan fingerprint density at radius 3 is 3.05 bits per heavy atom. The molecule has 2 fully saturated rings. The van der Waals surface area contributed by atoms with E-state index in [2.05, 4.69) is 20.9 Å². The molecule has 1 aliphatic heterocycles. The molecule has 2 heterocycles. The van der Waals surface area contributed by atoms with Crippen molar-refractivity contribution in [2.45, 2.75) is 25.4 Å². The maximum Gasteiger partial charge on any atom is 0.270 e. The molecule has 0 radical (unpaired) electrons. The van der Waals surface area contributed by atoms with Crippen LogP contribution in [0.2, 0.25) is 0 Å². The highest BCUT2D eigenvalue weighted by atomic mass is 79.9. The minimum Gasteiger partial charge on any atom is -0.389 e. The number of halogens is 1.